The van der Waals surface area contributed by atoms with Crippen molar-refractivity contribution in [1.29, 1.82) is 0 Å². The number of piperidine rings is 1. The lowest BCUT2D eigenvalue weighted by Gasteiger charge is -2.30. The smallest absolute Gasteiger partial charge is 0.216 e. The third-order valence-corrected chi connectivity index (χ3v) is 3.41. The minimum Gasteiger partial charge on any atom is -0.481 e. The van der Waals surface area contributed by atoms with Crippen LogP contribution in [0.5, 0.6) is 5.88 Å². The highest BCUT2D eigenvalue weighted by Crippen LogP contribution is 2.23. The van der Waals surface area contributed by atoms with Crippen molar-refractivity contribution in [2.75, 3.05) is 20.2 Å². The predicted molar refractivity (Wildman–Crippen MR) is 74.2 cm³/mol. The van der Waals surface area contributed by atoms with Gasteiger partial charge in [0.05, 0.1) is 18.4 Å². The molecule has 1 atom stereocenters. The van der Waals surface area contributed by atoms with E-state index in [2.05, 4.69) is 10.00 Å². The first kappa shape index (κ1) is 15.3. The second kappa shape index (κ2) is 6.41. The number of aromatic nitrogens is 2. The number of nitrogens with zero attached hydrogens (tertiary/aromatic N) is 3. The molecule has 2 N–H and O–H groups in total. The molecule has 0 amide bonds. The van der Waals surface area contributed by atoms with E-state index in [1.165, 1.54) is 12.0 Å². The van der Waals surface area contributed by atoms with E-state index in [4.69, 9.17) is 10.5 Å². The molecular weight excluding hydrogens is 252 g/mol. The number of rotatable bonds is 3. The summed E-state index contributed by atoms with van der Waals surface area (Å²) in [6, 6.07) is 0.312. The molecule has 18 heavy (non-hydrogen) atoms. The molecule has 1 aliphatic heterocycles. The predicted octanol–water partition coefficient (Wildman–Crippen LogP) is 1.08. The van der Waals surface area contributed by atoms with Crippen LogP contribution in [0.25, 0.3) is 0 Å². The number of hydrogen-bond acceptors (Lipinski definition) is 4. The summed E-state index contributed by atoms with van der Waals surface area (Å²) in [6.07, 6.45) is 2.32. The van der Waals surface area contributed by atoms with E-state index in [0.717, 1.165) is 37.6 Å². The lowest BCUT2D eigenvalue weighted by molar-refractivity contribution is 0.198. The number of hydrogen-bond donors (Lipinski definition) is 1. The molecule has 2 rings (SSSR count). The molecule has 1 saturated heterocycles. The summed E-state index contributed by atoms with van der Waals surface area (Å²) in [5, 5.41) is 4.40. The van der Waals surface area contributed by atoms with E-state index in [1.807, 2.05) is 14.0 Å². The van der Waals surface area contributed by atoms with Crippen LogP contribution in [0.2, 0.25) is 0 Å². The molecule has 1 fully saturated rings. The summed E-state index contributed by atoms with van der Waals surface area (Å²) in [4.78, 5) is 2.39. The molecule has 0 aliphatic carbocycles. The third-order valence-electron chi connectivity index (χ3n) is 3.41. The van der Waals surface area contributed by atoms with Gasteiger partial charge in [-0.05, 0) is 26.3 Å². The first-order valence-electron chi connectivity index (χ1n) is 6.16. The fourth-order valence-corrected chi connectivity index (χ4v) is 2.58. The Hall–Kier alpha value is -0.780. The Bertz CT molecular complexity index is 394. The Morgan fingerprint density at radius 2 is 2.22 bits per heavy atom. The van der Waals surface area contributed by atoms with E-state index < -0.39 is 0 Å². The van der Waals surface area contributed by atoms with Crippen LogP contribution in [0, 0.1) is 6.92 Å². The normalized spacial score (nSPS) is 20.6. The maximum absolute atomic E-state index is 6.00. The van der Waals surface area contributed by atoms with E-state index in [1.54, 1.807) is 11.8 Å². The fourth-order valence-electron chi connectivity index (χ4n) is 2.58. The minimum absolute atomic E-state index is 0. The fraction of sp³-hybridized carbons (Fsp3) is 0.750. The van der Waals surface area contributed by atoms with Crippen molar-refractivity contribution in [2.24, 2.45) is 12.8 Å². The van der Waals surface area contributed by atoms with Crippen LogP contribution in [0.4, 0.5) is 0 Å². The van der Waals surface area contributed by atoms with Crippen LogP contribution in [-0.2, 0) is 13.6 Å². The number of halogens is 1. The van der Waals surface area contributed by atoms with E-state index in [9.17, 15) is 0 Å². The van der Waals surface area contributed by atoms with Gasteiger partial charge in [0.15, 0.2) is 0 Å². The first-order valence-corrected chi connectivity index (χ1v) is 6.16. The summed E-state index contributed by atoms with van der Waals surface area (Å²) in [6.45, 7) is 5.00. The van der Waals surface area contributed by atoms with Crippen molar-refractivity contribution in [2.45, 2.75) is 32.4 Å². The van der Waals surface area contributed by atoms with Crippen LogP contribution in [0.3, 0.4) is 0 Å². The van der Waals surface area contributed by atoms with Gasteiger partial charge in [0.25, 0.3) is 0 Å². The SMILES string of the molecule is COc1c(CN2CCCC(N)C2)c(C)nn1C.Cl. The van der Waals surface area contributed by atoms with Gasteiger partial charge in [-0.15, -0.1) is 12.4 Å². The highest BCUT2D eigenvalue weighted by atomic mass is 35.5. The number of nitrogens with two attached hydrogens (primary N) is 1. The van der Waals surface area contributed by atoms with Gasteiger partial charge in [0.1, 0.15) is 0 Å². The maximum Gasteiger partial charge on any atom is 0.216 e. The molecule has 1 unspecified atom stereocenters. The molecule has 0 bridgehead atoms. The first-order chi connectivity index (χ1) is 8.11. The molecule has 5 nitrogen and oxygen atoms in total. The Morgan fingerprint density at radius 3 is 2.83 bits per heavy atom. The second-order valence-corrected chi connectivity index (χ2v) is 4.83. The number of likely N-dealkylation sites (tertiary alicyclic amines) is 1. The monoisotopic (exact) mass is 274 g/mol. The van der Waals surface area contributed by atoms with Crippen molar-refractivity contribution in [3.8, 4) is 5.88 Å². The average molecular weight is 275 g/mol. The Labute approximate surface area is 115 Å². The maximum atomic E-state index is 6.00. The quantitative estimate of drug-likeness (QED) is 0.896. The van der Waals surface area contributed by atoms with Crippen LogP contribution in [-0.4, -0.2) is 40.9 Å². The van der Waals surface area contributed by atoms with E-state index >= 15 is 0 Å². The summed E-state index contributed by atoms with van der Waals surface area (Å²) in [7, 11) is 3.61. The largest absolute Gasteiger partial charge is 0.481 e. The molecule has 0 spiro atoms. The van der Waals surface area contributed by atoms with Crippen molar-refractivity contribution >= 4 is 12.4 Å². The minimum atomic E-state index is 0. The molecular formula is C12H23ClN4O. The Kier molecular flexibility index (Phi) is 5.44. The van der Waals surface area contributed by atoms with Crippen LogP contribution in [0.1, 0.15) is 24.1 Å². The highest BCUT2D eigenvalue weighted by Gasteiger charge is 2.21. The van der Waals surface area contributed by atoms with Gasteiger partial charge in [0.2, 0.25) is 5.88 Å². The van der Waals surface area contributed by atoms with Gasteiger partial charge in [-0.1, -0.05) is 0 Å². The van der Waals surface area contributed by atoms with Crippen molar-refractivity contribution < 1.29 is 4.74 Å². The van der Waals surface area contributed by atoms with Crippen molar-refractivity contribution in [3.63, 3.8) is 0 Å². The van der Waals surface area contributed by atoms with E-state index in [0.29, 0.717) is 6.04 Å². The zero-order valence-corrected chi connectivity index (χ0v) is 12.2. The van der Waals surface area contributed by atoms with Gasteiger partial charge >= 0.3 is 0 Å². The zero-order valence-electron chi connectivity index (χ0n) is 11.3. The van der Waals surface area contributed by atoms with Gasteiger partial charge in [-0.25, -0.2) is 4.68 Å². The molecule has 0 radical (unpaired) electrons. The topological polar surface area (TPSA) is 56.3 Å². The highest BCUT2D eigenvalue weighted by molar-refractivity contribution is 5.85. The molecule has 2 heterocycles. The van der Waals surface area contributed by atoms with Crippen LogP contribution in [0.15, 0.2) is 0 Å². The summed E-state index contributed by atoms with van der Waals surface area (Å²) < 4.78 is 7.21. The molecule has 104 valence electrons. The lowest BCUT2D eigenvalue weighted by atomic mass is 10.1. The molecule has 6 heteroatoms. The second-order valence-electron chi connectivity index (χ2n) is 4.83. The molecule has 1 aliphatic rings. The van der Waals surface area contributed by atoms with Gasteiger partial charge in [-0.3, -0.25) is 4.90 Å². The molecule has 0 saturated carbocycles. The van der Waals surface area contributed by atoms with Crippen LogP contribution >= 0.6 is 12.4 Å². The molecule has 1 aromatic rings. The standard InChI is InChI=1S/C12H22N4O.ClH/c1-9-11(12(17-3)15(2)14-9)8-16-6-4-5-10(13)7-16;/h10H,4-8,13H2,1-3H3;1H. The summed E-state index contributed by atoms with van der Waals surface area (Å²) >= 11 is 0. The van der Waals surface area contributed by atoms with E-state index in [-0.39, 0.29) is 12.4 Å². The lowest BCUT2D eigenvalue weighted by Crippen LogP contribution is -2.42. The van der Waals surface area contributed by atoms with Crippen LogP contribution < -0.4 is 10.5 Å². The average Bonchev–Trinajstić information content (AvgIpc) is 2.53. The summed E-state index contributed by atoms with van der Waals surface area (Å²) in [5.41, 5.74) is 8.23. The van der Waals surface area contributed by atoms with Gasteiger partial charge in [0, 0.05) is 26.2 Å². The Morgan fingerprint density at radius 1 is 1.50 bits per heavy atom. The van der Waals surface area contributed by atoms with Gasteiger partial charge in [-0.2, -0.15) is 5.10 Å². The third kappa shape index (κ3) is 3.16. The number of aryl methyl sites for hydroxylation is 2. The van der Waals surface area contributed by atoms with Crippen molar-refractivity contribution in [3.05, 3.63) is 11.3 Å². The molecule has 0 aromatic carbocycles. The number of ether oxygens (including phenoxy) is 1. The summed E-state index contributed by atoms with van der Waals surface area (Å²) in [5.74, 6) is 0.863. The van der Waals surface area contributed by atoms with Gasteiger partial charge < -0.3 is 10.5 Å². The molecule has 1 aromatic heterocycles. The zero-order chi connectivity index (χ0) is 12.4. The Balaban J connectivity index is 0.00000162. The number of methoxy groups -OCH3 is 1. The van der Waals surface area contributed by atoms with Crippen molar-refractivity contribution in [1.82, 2.24) is 14.7 Å².